The van der Waals surface area contributed by atoms with Gasteiger partial charge in [0.1, 0.15) is 0 Å². The Kier molecular flexibility index (Phi) is 4.02. The van der Waals surface area contributed by atoms with Crippen LogP contribution in [0.4, 0.5) is 0 Å². The predicted molar refractivity (Wildman–Crippen MR) is 80.1 cm³/mol. The molecule has 2 aliphatic rings. The number of likely N-dealkylation sites (tertiary alicyclic amines) is 1. The molecule has 0 N–H and O–H groups in total. The molecular weight excluding hydrogens is 266 g/mol. The zero-order chi connectivity index (χ0) is 15.0. The lowest BCUT2D eigenvalue weighted by molar-refractivity contribution is 0.0698. The lowest BCUT2D eigenvalue weighted by Gasteiger charge is -2.24. The minimum Gasteiger partial charge on any atom is -0.351 e. The SMILES string of the molecule is CC(C)Cc1cc(C(=O)N2CC[C@H]3CC[C@@H](C2)N3C)on1. The molecule has 3 heterocycles. The largest absolute Gasteiger partial charge is 0.351 e. The summed E-state index contributed by atoms with van der Waals surface area (Å²) in [5, 5.41) is 4.03. The van der Waals surface area contributed by atoms with Crippen LogP contribution in [0.25, 0.3) is 0 Å². The van der Waals surface area contributed by atoms with E-state index in [1.807, 2.05) is 11.0 Å². The maximum atomic E-state index is 12.6. The van der Waals surface area contributed by atoms with E-state index in [-0.39, 0.29) is 5.91 Å². The van der Waals surface area contributed by atoms with Gasteiger partial charge in [0.25, 0.3) is 5.91 Å². The van der Waals surface area contributed by atoms with E-state index < -0.39 is 0 Å². The molecule has 1 aromatic rings. The van der Waals surface area contributed by atoms with Gasteiger partial charge in [-0.2, -0.15) is 0 Å². The normalized spacial score (nSPS) is 26.4. The van der Waals surface area contributed by atoms with E-state index in [2.05, 4.69) is 31.0 Å². The Morgan fingerprint density at radius 1 is 1.38 bits per heavy atom. The third kappa shape index (κ3) is 2.98. The number of aromatic nitrogens is 1. The van der Waals surface area contributed by atoms with Gasteiger partial charge in [-0.15, -0.1) is 0 Å². The first-order valence-electron chi connectivity index (χ1n) is 8.01. The zero-order valence-corrected chi connectivity index (χ0v) is 13.2. The molecule has 2 bridgehead atoms. The Morgan fingerprint density at radius 3 is 2.90 bits per heavy atom. The maximum absolute atomic E-state index is 12.6. The smallest absolute Gasteiger partial charge is 0.292 e. The number of likely N-dealkylation sites (N-methyl/N-ethyl adjacent to an activating group) is 1. The standard InChI is InChI=1S/C16H25N3O2/c1-11(2)8-12-9-15(21-17-12)16(20)19-7-6-13-4-5-14(10-19)18(13)3/h9,11,13-14H,4-8,10H2,1-3H3/t13-,14+/m1/s1. The summed E-state index contributed by atoms with van der Waals surface area (Å²) in [5.74, 6) is 0.908. The van der Waals surface area contributed by atoms with Crippen LogP contribution in [0.3, 0.4) is 0 Å². The highest BCUT2D eigenvalue weighted by molar-refractivity contribution is 5.91. The number of carbonyl (C=O) groups is 1. The van der Waals surface area contributed by atoms with E-state index >= 15 is 0 Å². The van der Waals surface area contributed by atoms with Crippen LogP contribution in [0.1, 0.15) is 49.4 Å². The fourth-order valence-electron chi connectivity index (χ4n) is 3.58. The van der Waals surface area contributed by atoms with Crippen molar-refractivity contribution in [2.24, 2.45) is 5.92 Å². The number of hydrogen-bond acceptors (Lipinski definition) is 4. The number of hydrogen-bond donors (Lipinski definition) is 0. The molecule has 2 fully saturated rings. The molecule has 0 unspecified atom stereocenters. The van der Waals surface area contributed by atoms with E-state index in [4.69, 9.17) is 4.52 Å². The fourth-order valence-corrected chi connectivity index (χ4v) is 3.58. The van der Waals surface area contributed by atoms with Crippen LogP contribution in [0.15, 0.2) is 10.6 Å². The van der Waals surface area contributed by atoms with Gasteiger partial charge in [0.05, 0.1) is 5.69 Å². The molecule has 2 atom stereocenters. The number of nitrogens with zero attached hydrogens (tertiary/aromatic N) is 3. The highest BCUT2D eigenvalue weighted by Gasteiger charge is 2.36. The molecule has 0 spiro atoms. The van der Waals surface area contributed by atoms with Gasteiger partial charge in [-0.05, 0) is 38.6 Å². The van der Waals surface area contributed by atoms with Gasteiger partial charge in [0.15, 0.2) is 0 Å². The second kappa shape index (κ2) is 5.79. The summed E-state index contributed by atoms with van der Waals surface area (Å²) in [5.41, 5.74) is 0.877. The first kappa shape index (κ1) is 14.6. The Balaban J connectivity index is 1.69. The molecule has 21 heavy (non-hydrogen) atoms. The van der Waals surface area contributed by atoms with Crippen molar-refractivity contribution in [1.82, 2.24) is 15.0 Å². The Labute approximate surface area is 126 Å². The van der Waals surface area contributed by atoms with Crippen molar-refractivity contribution in [2.45, 2.75) is 51.6 Å². The molecule has 1 amide bonds. The molecule has 116 valence electrons. The summed E-state index contributed by atoms with van der Waals surface area (Å²) in [6, 6.07) is 2.95. The zero-order valence-electron chi connectivity index (χ0n) is 13.2. The number of rotatable bonds is 3. The molecular formula is C16H25N3O2. The summed E-state index contributed by atoms with van der Waals surface area (Å²) in [6.45, 7) is 5.91. The summed E-state index contributed by atoms with van der Waals surface area (Å²) < 4.78 is 5.27. The third-order valence-electron chi connectivity index (χ3n) is 4.82. The minimum absolute atomic E-state index is 0.00143. The van der Waals surface area contributed by atoms with Crippen LogP contribution >= 0.6 is 0 Å². The first-order chi connectivity index (χ1) is 10.0. The number of amides is 1. The Bertz CT molecular complexity index is 511. The fraction of sp³-hybridized carbons (Fsp3) is 0.750. The molecule has 3 rings (SSSR count). The Morgan fingerprint density at radius 2 is 2.14 bits per heavy atom. The lowest BCUT2D eigenvalue weighted by Crippen LogP contribution is -2.39. The van der Waals surface area contributed by atoms with Crippen LogP contribution in [0, 0.1) is 5.92 Å². The van der Waals surface area contributed by atoms with Crippen molar-refractivity contribution in [3.8, 4) is 0 Å². The van der Waals surface area contributed by atoms with Crippen molar-refractivity contribution in [2.75, 3.05) is 20.1 Å². The van der Waals surface area contributed by atoms with E-state index in [0.717, 1.165) is 31.6 Å². The summed E-state index contributed by atoms with van der Waals surface area (Å²) >= 11 is 0. The molecule has 2 aliphatic heterocycles. The van der Waals surface area contributed by atoms with Gasteiger partial charge in [-0.3, -0.25) is 9.69 Å². The topological polar surface area (TPSA) is 49.6 Å². The average Bonchev–Trinajstić information content (AvgIpc) is 2.94. The van der Waals surface area contributed by atoms with Crippen LogP contribution in [-0.2, 0) is 6.42 Å². The van der Waals surface area contributed by atoms with E-state index in [1.54, 1.807) is 0 Å². The molecule has 0 aliphatic carbocycles. The van der Waals surface area contributed by atoms with Crippen LogP contribution in [0.2, 0.25) is 0 Å². The van der Waals surface area contributed by atoms with Crippen molar-refractivity contribution in [3.05, 3.63) is 17.5 Å². The molecule has 2 saturated heterocycles. The van der Waals surface area contributed by atoms with Gasteiger partial charge in [0, 0.05) is 31.2 Å². The average molecular weight is 291 g/mol. The van der Waals surface area contributed by atoms with E-state index in [9.17, 15) is 4.79 Å². The van der Waals surface area contributed by atoms with Gasteiger partial charge in [-0.1, -0.05) is 19.0 Å². The van der Waals surface area contributed by atoms with Gasteiger partial charge in [0.2, 0.25) is 5.76 Å². The lowest BCUT2D eigenvalue weighted by atomic mass is 10.1. The van der Waals surface area contributed by atoms with Crippen LogP contribution < -0.4 is 0 Å². The van der Waals surface area contributed by atoms with Crippen molar-refractivity contribution in [1.29, 1.82) is 0 Å². The Hall–Kier alpha value is -1.36. The quantitative estimate of drug-likeness (QED) is 0.856. The molecule has 5 heteroatoms. The summed E-state index contributed by atoms with van der Waals surface area (Å²) in [6.07, 6.45) is 4.37. The predicted octanol–water partition coefficient (Wildman–Crippen LogP) is 2.18. The van der Waals surface area contributed by atoms with Crippen LogP contribution in [-0.4, -0.2) is 53.1 Å². The van der Waals surface area contributed by atoms with Crippen LogP contribution in [0.5, 0.6) is 0 Å². The van der Waals surface area contributed by atoms with E-state index in [0.29, 0.717) is 23.8 Å². The number of fused-ring (bicyclic) bond motifs is 2. The minimum atomic E-state index is -0.00143. The second-order valence-electron chi connectivity index (χ2n) is 6.87. The van der Waals surface area contributed by atoms with Crippen molar-refractivity contribution in [3.63, 3.8) is 0 Å². The monoisotopic (exact) mass is 291 g/mol. The van der Waals surface area contributed by atoms with Gasteiger partial charge < -0.3 is 9.42 Å². The maximum Gasteiger partial charge on any atom is 0.292 e. The molecule has 0 radical (unpaired) electrons. The number of carbonyl (C=O) groups excluding carboxylic acids is 1. The van der Waals surface area contributed by atoms with Gasteiger partial charge in [-0.25, -0.2) is 0 Å². The van der Waals surface area contributed by atoms with Crippen molar-refractivity contribution >= 4 is 5.91 Å². The molecule has 0 aromatic carbocycles. The van der Waals surface area contributed by atoms with Crippen molar-refractivity contribution < 1.29 is 9.32 Å². The second-order valence-corrected chi connectivity index (χ2v) is 6.87. The third-order valence-corrected chi connectivity index (χ3v) is 4.82. The molecule has 1 aromatic heterocycles. The van der Waals surface area contributed by atoms with E-state index in [1.165, 1.54) is 12.8 Å². The molecule has 0 saturated carbocycles. The molecule has 5 nitrogen and oxygen atoms in total. The first-order valence-corrected chi connectivity index (χ1v) is 8.01. The van der Waals surface area contributed by atoms with Gasteiger partial charge >= 0.3 is 0 Å². The highest BCUT2D eigenvalue weighted by Crippen LogP contribution is 2.29. The highest BCUT2D eigenvalue weighted by atomic mass is 16.5. The summed E-state index contributed by atoms with van der Waals surface area (Å²) in [7, 11) is 2.19. The summed E-state index contributed by atoms with van der Waals surface area (Å²) in [4.78, 5) is 17.0.